The van der Waals surface area contributed by atoms with Crippen molar-refractivity contribution in [1.82, 2.24) is 4.57 Å². The molecule has 0 aliphatic heterocycles. The van der Waals surface area contributed by atoms with Gasteiger partial charge in [0.2, 0.25) is 0 Å². The Balaban J connectivity index is 2.36. The molecule has 0 fully saturated rings. The Labute approximate surface area is 176 Å². The number of rotatable bonds is 3. The first-order chi connectivity index (χ1) is 13.9. The van der Waals surface area contributed by atoms with E-state index in [0.29, 0.717) is 10.6 Å². The Hall–Kier alpha value is -2.84. The van der Waals surface area contributed by atoms with Gasteiger partial charge in [0.15, 0.2) is 5.82 Å². The Morgan fingerprint density at radius 2 is 1.73 bits per heavy atom. The summed E-state index contributed by atoms with van der Waals surface area (Å²) in [5, 5.41) is 9.91. The molecular weight excluding hydrogens is 449 g/mol. The maximum atomic E-state index is 14.6. The number of hydrogen-bond donors (Lipinski definition) is 1. The van der Waals surface area contributed by atoms with Crippen molar-refractivity contribution in [2.45, 2.75) is 13.1 Å². The topological polar surface area (TPSA) is 59.3 Å². The van der Waals surface area contributed by atoms with Gasteiger partial charge in [-0.2, -0.15) is 13.2 Å². The highest BCUT2D eigenvalue weighted by molar-refractivity contribution is 6.42. The lowest BCUT2D eigenvalue weighted by Gasteiger charge is -2.17. The molecule has 2 aromatic carbocycles. The first-order valence-corrected chi connectivity index (χ1v) is 9.00. The largest absolute Gasteiger partial charge is 0.477 e. The van der Waals surface area contributed by atoms with Crippen molar-refractivity contribution in [2.75, 3.05) is 0 Å². The summed E-state index contributed by atoms with van der Waals surface area (Å²) in [6.07, 6.45) is -4.99. The zero-order valence-electron chi connectivity index (χ0n) is 15.0. The highest BCUT2D eigenvalue weighted by Crippen LogP contribution is 2.34. The lowest BCUT2D eigenvalue weighted by Crippen LogP contribution is -2.29. The van der Waals surface area contributed by atoms with E-state index in [1.807, 2.05) is 0 Å². The van der Waals surface area contributed by atoms with Crippen molar-refractivity contribution >= 4 is 29.2 Å². The van der Waals surface area contributed by atoms with E-state index in [1.54, 1.807) is 0 Å². The molecule has 0 atom stereocenters. The van der Waals surface area contributed by atoms with Crippen LogP contribution in [0.25, 0.3) is 16.8 Å². The number of carboxylic acid groups (broad SMARTS) is 1. The molecule has 0 unspecified atom stereocenters. The molecule has 156 valence electrons. The minimum absolute atomic E-state index is 0.0179. The molecule has 0 saturated carbocycles. The van der Waals surface area contributed by atoms with Gasteiger partial charge in [0, 0.05) is 11.3 Å². The molecule has 0 aliphatic rings. The predicted octanol–water partition coefficient (Wildman–Crippen LogP) is 5.98. The van der Waals surface area contributed by atoms with Gasteiger partial charge in [-0.3, -0.25) is 9.36 Å². The second-order valence-electron chi connectivity index (χ2n) is 6.29. The average Bonchev–Trinajstić information content (AvgIpc) is 2.63. The van der Waals surface area contributed by atoms with Crippen LogP contribution in [-0.2, 0) is 6.18 Å². The molecule has 3 aromatic rings. The van der Waals surface area contributed by atoms with Gasteiger partial charge in [0.25, 0.3) is 5.56 Å². The maximum Gasteiger partial charge on any atom is 0.419 e. The van der Waals surface area contributed by atoms with Crippen molar-refractivity contribution in [3.63, 3.8) is 0 Å². The lowest BCUT2D eigenvalue weighted by molar-refractivity contribution is -0.140. The number of hydrogen-bond acceptors (Lipinski definition) is 2. The molecule has 0 amide bonds. The summed E-state index contributed by atoms with van der Waals surface area (Å²) in [5.74, 6) is -3.32. The van der Waals surface area contributed by atoms with Gasteiger partial charge in [-0.1, -0.05) is 35.3 Å². The van der Waals surface area contributed by atoms with Gasteiger partial charge in [-0.05, 0) is 42.8 Å². The van der Waals surface area contributed by atoms with Crippen molar-refractivity contribution in [3.05, 3.63) is 85.5 Å². The third-order valence-corrected chi connectivity index (χ3v) is 5.10. The van der Waals surface area contributed by atoms with Gasteiger partial charge < -0.3 is 5.11 Å². The molecule has 0 saturated heterocycles. The van der Waals surface area contributed by atoms with Crippen LogP contribution in [0, 0.1) is 12.7 Å². The fraction of sp³-hybridized carbons (Fsp3) is 0.100. The van der Waals surface area contributed by atoms with Gasteiger partial charge in [-0.25, -0.2) is 9.18 Å². The van der Waals surface area contributed by atoms with E-state index in [9.17, 15) is 32.3 Å². The van der Waals surface area contributed by atoms with E-state index in [1.165, 1.54) is 31.2 Å². The van der Waals surface area contributed by atoms with Gasteiger partial charge in [0.1, 0.15) is 5.56 Å². The van der Waals surface area contributed by atoms with E-state index >= 15 is 0 Å². The maximum absolute atomic E-state index is 14.6. The molecule has 3 rings (SSSR count). The molecule has 0 spiro atoms. The molecule has 0 aliphatic carbocycles. The second-order valence-corrected chi connectivity index (χ2v) is 7.10. The third-order valence-electron chi connectivity index (χ3n) is 4.36. The fourth-order valence-electron chi connectivity index (χ4n) is 3.04. The summed E-state index contributed by atoms with van der Waals surface area (Å²) in [5.41, 5.74) is -4.00. The van der Waals surface area contributed by atoms with Crippen LogP contribution in [0.2, 0.25) is 10.0 Å². The van der Waals surface area contributed by atoms with Crippen LogP contribution in [0.5, 0.6) is 0 Å². The minimum Gasteiger partial charge on any atom is -0.477 e. The van der Waals surface area contributed by atoms with Crippen molar-refractivity contribution in [2.24, 2.45) is 0 Å². The standard InChI is InChI=1S/C20H11Cl2F4NO3/c1-9-7-11(10-5-6-13(21)14(22)8-10)16(19(29)30)18(28)27(9)15-4-2-3-12(17(15)23)20(24,25)26/h2-8H,1H3,(H,29,30). The highest BCUT2D eigenvalue weighted by Gasteiger charge is 2.35. The number of carbonyl (C=O) groups is 1. The number of aryl methyl sites for hydroxylation is 1. The van der Waals surface area contributed by atoms with Crippen molar-refractivity contribution in [3.8, 4) is 16.8 Å². The molecule has 10 heteroatoms. The van der Waals surface area contributed by atoms with Crippen LogP contribution in [0.1, 0.15) is 21.6 Å². The quantitative estimate of drug-likeness (QED) is 0.490. The van der Waals surface area contributed by atoms with Gasteiger partial charge in [0.05, 0.1) is 21.3 Å². The van der Waals surface area contributed by atoms with Crippen LogP contribution >= 0.6 is 23.2 Å². The molecule has 1 N–H and O–H groups in total. The summed E-state index contributed by atoms with van der Waals surface area (Å²) >= 11 is 11.8. The van der Waals surface area contributed by atoms with Crippen LogP contribution in [0.3, 0.4) is 0 Å². The smallest absolute Gasteiger partial charge is 0.419 e. The Kier molecular flexibility index (Phi) is 5.66. The first-order valence-electron chi connectivity index (χ1n) is 8.25. The zero-order valence-corrected chi connectivity index (χ0v) is 16.5. The summed E-state index contributed by atoms with van der Waals surface area (Å²) < 4.78 is 54.4. The van der Waals surface area contributed by atoms with Crippen LogP contribution in [-0.4, -0.2) is 15.6 Å². The summed E-state index contributed by atoms with van der Waals surface area (Å²) in [7, 11) is 0. The second kappa shape index (κ2) is 7.77. The number of aromatic carboxylic acids is 1. The molecule has 30 heavy (non-hydrogen) atoms. The van der Waals surface area contributed by atoms with Gasteiger partial charge in [-0.15, -0.1) is 0 Å². The molecule has 1 heterocycles. The average molecular weight is 460 g/mol. The van der Waals surface area contributed by atoms with Crippen LogP contribution in [0.15, 0.2) is 47.3 Å². The zero-order chi connectivity index (χ0) is 22.4. The fourth-order valence-corrected chi connectivity index (χ4v) is 3.34. The number of alkyl halides is 3. The molecule has 0 bridgehead atoms. The summed E-state index contributed by atoms with van der Waals surface area (Å²) in [6, 6.07) is 7.86. The molecular formula is C20H11Cl2F4NO3. The Bertz CT molecular complexity index is 1240. The third kappa shape index (κ3) is 3.80. The number of benzene rings is 2. The number of aromatic nitrogens is 1. The van der Waals surface area contributed by atoms with E-state index < -0.39 is 40.3 Å². The van der Waals surface area contributed by atoms with Crippen molar-refractivity contribution in [1.29, 1.82) is 0 Å². The van der Waals surface area contributed by atoms with Crippen LogP contribution < -0.4 is 5.56 Å². The normalized spacial score (nSPS) is 11.6. The highest BCUT2D eigenvalue weighted by atomic mass is 35.5. The summed E-state index contributed by atoms with van der Waals surface area (Å²) in [6.45, 7) is 1.34. The number of carboxylic acids is 1. The monoisotopic (exact) mass is 459 g/mol. The predicted molar refractivity (Wildman–Crippen MR) is 104 cm³/mol. The van der Waals surface area contributed by atoms with E-state index in [2.05, 4.69) is 0 Å². The number of halogens is 6. The van der Waals surface area contributed by atoms with E-state index in [4.69, 9.17) is 23.2 Å². The van der Waals surface area contributed by atoms with E-state index in [0.717, 1.165) is 12.1 Å². The number of nitrogens with zero attached hydrogens (tertiary/aromatic N) is 1. The van der Waals surface area contributed by atoms with E-state index in [-0.39, 0.29) is 26.9 Å². The molecule has 1 aromatic heterocycles. The number of pyridine rings is 1. The molecule has 0 radical (unpaired) electrons. The van der Waals surface area contributed by atoms with Crippen LogP contribution in [0.4, 0.5) is 17.6 Å². The lowest BCUT2D eigenvalue weighted by atomic mass is 9.99. The Morgan fingerprint density at radius 3 is 2.30 bits per heavy atom. The van der Waals surface area contributed by atoms with Crippen molar-refractivity contribution < 1.29 is 27.5 Å². The SMILES string of the molecule is Cc1cc(-c2ccc(Cl)c(Cl)c2)c(C(=O)O)c(=O)n1-c1cccc(C(F)(F)F)c1F. The minimum atomic E-state index is -4.99. The first kappa shape index (κ1) is 21.9. The van der Waals surface area contributed by atoms with Gasteiger partial charge >= 0.3 is 12.1 Å². The molecule has 4 nitrogen and oxygen atoms in total. The Morgan fingerprint density at radius 1 is 1.07 bits per heavy atom. The summed E-state index contributed by atoms with van der Waals surface area (Å²) in [4.78, 5) is 24.8.